The van der Waals surface area contributed by atoms with E-state index in [0.717, 1.165) is 16.9 Å². The molecule has 23 heavy (non-hydrogen) atoms. The first kappa shape index (κ1) is 15.4. The van der Waals surface area contributed by atoms with Crippen molar-refractivity contribution >= 4 is 24.4 Å². The van der Waals surface area contributed by atoms with E-state index in [2.05, 4.69) is 23.0 Å². The molecule has 0 saturated heterocycles. The molecule has 0 atom stereocenters. The van der Waals surface area contributed by atoms with Crippen LogP contribution in [0.25, 0.3) is 16.9 Å². The van der Waals surface area contributed by atoms with E-state index in [0.29, 0.717) is 5.82 Å². The van der Waals surface area contributed by atoms with Gasteiger partial charge in [0.15, 0.2) is 0 Å². The van der Waals surface area contributed by atoms with Crippen LogP contribution in [-0.4, -0.2) is 21.4 Å². The van der Waals surface area contributed by atoms with Crippen molar-refractivity contribution in [2.24, 2.45) is 0 Å². The lowest BCUT2D eigenvalue weighted by Crippen LogP contribution is -2.15. The highest BCUT2D eigenvalue weighted by Crippen LogP contribution is 2.24. The zero-order valence-corrected chi connectivity index (χ0v) is 13.6. The van der Waals surface area contributed by atoms with Crippen molar-refractivity contribution in [1.29, 1.82) is 0 Å². The lowest BCUT2D eigenvalue weighted by Gasteiger charge is -2.08. The predicted molar refractivity (Wildman–Crippen MR) is 96.2 cm³/mol. The summed E-state index contributed by atoms with van der Waals surface area (Å²) in [6.45, 7) is 2.03. The van der Waals surface area contributed by atoms with Crippen LogP contribution < -0.4 is 5.32 Å². The molecule has 0 aliphatic carbocycles. The number of aryl methyl sites for hydroxylation is 1. The van der Waals surface area contributed by atoms with Crippen LogP contribution in [0.15, 0.2) is 60.7 Å². The molecule has 4 nitrogen and oxygen atoms in total. The molecule has 0 spiro atoms. The maximum atomic E-state index is 11.7. The molecule has 1 N–H and O–H groups in total. The van der Waals surface area contributed by atoms with Gasteiger partial charge in [0.2, 0.25) is 5.91 Å². The van der Waals surface area contributed by atoms with E-state index >= 15 is 0 Å². The van der Waals surface area contributed by atoms with Crippen LogP contribution in [0.4, 0.5) is 5.82 Å². The molecule has 0 fully saturated rings. The van der Waals surface area contributed by atoms with Gasteiger partial charge in [-0.25, -0.2) is 4.68 Å². The zero-order chi connectivity index (χ0) is 16.2. The topological polar surface area (TPSA) is 46.9 Å². The average Bonchev–Trinajstić information content (AvgIpc) is 3.00. The van der Waals surface area contributed by atoms with Gasteiger partial charge in [-0.3, -0.25) is 4.79 Å². The third-order valence-electron chi connectivity index (χ3n) is 3.47. The Hall–Kier alpha value is -2.53. The fraction of sp³-hybridized carbons (Fsp3) is 0.111. The third kappa shape index (κ3) is 3.46. The molecule has 1 amide bonds. The molecular formula is C18H17N3OS. The molecule has 3 rings (SSSR count). The van der Waals surface area contributed by atoms with E-state index in [-0.39, 0.29) is 11.7 Å². The lowest BCUT2D eigenvalue weighted by molar-refractivity contribution is -0.113. The number of hydrogen-bond donors (Lipinski definition) is 2. The first-order valence-corrected chi connectivity index (χ1v) is 7.94. The van der Waals surface area contributed by atoms with Crippen molar-refractivity contribution in [3.05, 3.63) is 66.2 Å². The van der Waals surface area contributed by atoms with Crippen molar-refractivity contribution in [1.82, 2.24) is 9.78 Å². The molecule has 2 aromatic carbocycles. The van der Waals surface area contributed by atoms with Crippen LogP contribution in [0.3, 0.4) is 0 Å². The Bertz CT molecular complexity index is 810. The Morgan fingerprint density at radius 2 is 1.83 bits per heavy atom. The van der Waals surface area contributed by atoms with Crippen LogP contribution in [-0.2, 0) is 4.79 Å². The minimum absolute atomic E-state index is 0.125. The largest absolute Gasteiger partial charge is 0.310 e. The van der Waals surface area contributed by atoms with Gasteiger partial charge in [0.1, 0.15) is 5.82 Å². The molecule has 0 saturated carbocycles. The van der Waals surface area contributed by atoms with Crippen molar-refractivity contribution in [2.75, 3.05) is 11.1 Å². The SMILES string of the molecule is Cc1ccc(-n2nc(-c3ccccc3)cc2NC(=O)CS)cc1. The van der Waals surface area contributed by atoms with Gasteiger partial charge in [-0.2, -0.15) is 17.7 Å². The lowest BCUT2D eigenvalue weighted by atomic mass is 10.2. The van der Waals surface area contributed by atoms with Crippen LogP contribution in [0.5, 0.6) is 0 Å². The molecule has 116 valence electrons. The van der Waals surface area contributed by atoms with Crippen LogP contribution >= 0.6 is 12.6 Å². The summed E-state index contributed by atoms with van der Waals surface area (Å²) in [6, 6.07) is 19.7. The minimum Gasteiger partial charge on any atom is -0.310 e. The molecule has 1 aromatic heterocycles. The maximum Gasteiger partial charge on any atom is 0.235 e. The second-order valence-electron chi connectivity index (χ2n) is 5.23. The summed E-state index contributed by atoms with van der Waals surface area (Å²) in [5.74, 6) is 0.590. The van der Waals surface area contributed by atoms with Gasteiger partial charge in [0, 0.05) is 11.6 Å². The number of carbonyl (C=O) groups excluding carboxylic acids is 1. The van der Waals surface area contributed by atoms with Gasteiger partial charge in [-0.1, -0.05) is 48.0 Å². The molecule has 5 heteroatoms. The summed E-state index contributed by atoms with van der Waals surface area (Å²) >= 11 is 4.02. The van der Waals surface area contributed by atoms with Crippen LogP contribution in [0.2, 0.25) is 0 Å². The van der Waals surface area contributed by atoms with Crippen molar-refractivity contribution < 1.29 is 4.79 Å². The van der Waals surface area contributed by atoms with Crippen molar-refractivity contribution in [3.8, 4) is 16.9 Å². The fourth-order valence-corrected chi connectivity index (χ4v) is 2.36. The summed E-state index contributed by atoms with van der Waals surface area (Å²) in [5.41, 5.74) is 3.87. The van der Waals surface area contributed by atoms with Gasteiger partial charge in [-0.05, 0) is 19.1 Å². The molecule has 1 heterocycles. The molecule has 0 aliphatic heterocycles. The number of amides is 1. The van der Waals surface area contributed by atoms with Crippen molar-refractivity contribution in [2.45, 2.75) is 6.92 Å². The Balaban J connectivity index is 2.06. The van der Waals surface area contributed by atoms with E-state index < -0.39 is 0 Å². The van der Waals surface area contributed by atoms with Gasteiger partial charge in [0.25, 0.3) is 0 Å². The van der Waals surface area contributed by atoms with Crippen LogP contribution in [0, 0.1) is 6.92 Å². The number of rotatable bonds is 4. The fourth-order valence-electron chi connectivity index (χ4n) is 2.29. The summed E-state index contributed by atoms with van der Waals surface area (Å²) in [7, 11) is 0. The smallest absolute Gasteiger partial charge is 0.235 e. The van der Waals surface area contributed by atoms with E-state index in [1.807, 2.05) is 67.6 Å². The summed E-state index contributed by atoms with van der Waals surface area (Å²) < 4.78 is 1.74. The quantitative estimate of drug-likeness (QED) is 0.719. The highest BCUT2D eigenvalue weighted by Gasteiger charge is 2.13. The number of aromatic nitrogens is 2. The van der Waals surface area contributed by atoms with Gasteiger partial charge >= 0.3 is 0 Å². The molecule has 0 bridgehead atoms. The zero-order valence-electron chi connectivity index (χ0n) is 12.7. The predicted octanol–water partition coefficient (Wildman–Crippen LogP) is 3.72. The summed E-state index contributed by atoms with van der Waals surface area (Å²) in [4.78, 5) is 11.7. The normalized spacial score (nSPS) is 10.5. The van der Waals surface area contributed by atoms with E-state index in [4.69, 9.17) is 0 Å². The molecular weight excluding hydrogens is 306 g/mol. The second-order valence-corrected chi connectivity index (χ2v) is 5.55. The first-order valence-electron chi connectivity index (χ1n) is 7.30. The third-order valence-corrected chi connectivity index (χ3v) is 3.76. The highest BCUT2D eigenvalue weighted by atomic mass is 32.1. The number of carbonyl (C=O) groups is 1. The Kier molecular flexibility index (Phi) is 4.48. The maximum absolute atomic E-state index is 11.7. The Morgan fingerprint density at radius 3 is 2.48 bits per heavy atom. The van der Waals surface area contributed by atoms with E-state index in [1.54, 1.807) is 4.68 Å². The number of nitrogens with zero attached hydrogens (tertiary/aromatic N) is 2. The first-order chi connectivity index (χ1) is 11.2. The number of thiol groups is 1. The van der Waals surface area contributed by atoms with Gasteiger partial charge in [-0.15, -0.1) is 0 Å². The monoisotopic (exact) mass is 323 g/mol. The summed E-state index contributed by atoms with van der Waals surface area (Å²) in [5, 5.41) is 7.49. The minimum atomic E-state index is -0.166. The number of hydrogen-bond acceptors (Lipinski definition) is 3. The molecule has 0 aliphatic rings. The van der Waals surface area contributed by atoms with Gasteiger partial charge in [0.05, 0.1) is 17.1 Å². The van der Waals surface area contributed by atoms with Crippen molar-refractivity contribution in [3.63, 3.8) is 0 Å². The Labute approximate surface area is 140 Å². The summed E-state index contributed by atoms with van der Waals surface area (Å²) in [6.07, 6.45) is 0. The van der Waals surface area contributed by atoms with Crippen LogP contribution in [0.1, 0.15) is 5.56 Å². The highest BCUT2D eigenvalue weighted by molar-refractivity contribution is 7.81. The molecule has 0 unspecified atom stereocenters. The number of benzene rings is 2. The standard InChI is InChI=1S/C18H17N3OS/c1-13-7-9-15(10-8-13)21-17(19-18(22)12-23)11-16(20-21)14-5-3-2-4-6-14/h2-11,23H,12H2,1H3,(H,19,22). The van der Waals surface area contributed by atoms with Gasteiger partial charge < -0.3 is 5.32 Å². The molecule has 3 aromatic rings. The second kappa shape index (κ2) is 6.71. The number of anilines is 1. The number of nitrogens with one attached hydrogen (secondary N) is 1. The van der Waals surface area contributed by atoms with E-state index in [9.17, 15) is 4.79 Å². The molecule has 0 radical (unpaired) electrons. The average molecular weight is 323 g/mol. The Morgan fingerprint density at radius 1 is 1.13 bits per heavy atom. The van der Waals surface area contributed by atoms with E-state index in [1.165, 1.54) is 5.56 Å².